The van der Waals surface area contributed by atoms with Gasteiger partial charge in [-0.2, -0.15) is 0 Å². The maximum atomic E-state index is 12.2. The van der Waals surface area contributed by atoms with Gasteiger partial charge in [-0.15, -0.1) is 0 Å². The summed E-state index contributed by atoms with van der Waals surface area (Å²) in [6.07, 6.45) is 7.13. The van der Waals surface area contributed by atoms with Crippen LogP contribution in [0.3, 0.4) is 0 Å². The molecule has 0 aromatic carbocycles. The Labute approximate surface area is 150 Å². The fourth-order valence-electron chi connectivity index (χ4n) is 3.63. The molecule has 3 aliphatic heterocycles. The lowest BCUT2D eigenvalue weighted by Gasteiger charge is -2.36. The van der Waals surface area contributed by atoms with Crippen LogP contribution >= 0.6 is 0 Å². The number of amides is 1. The normalized spacial score (nSPS) is 26.4. The van der Waals surface area contributed by atoms with Gasteiger partial charge in [-0.3, -0.25) is 0 Å². The van der Waals surface area contributed by atoms with Gasteiger partial charge in [0.25, 0.3) is 0 Å². The SMILES string of the molecule is COC1CN(C)C=C2NC=C(C3=CCN(C(=O)OC(C)(C)C)CC3)C21. The molecule has 0 bridgehead atoms. The van der Waals surface area contributed by atoms with E-state index in [0.29, 0.717) is 13.1 Å². The molecule has 2 atom stereocenters. The van der Waals surface area contributed by atoms with Gasteiger partial charge in [0.2, 0.25) is 0 Å². The van der Waals surface area contributed by atoms with Gasteiger partial charge in [-0.25, -0.2) is 4.79 Å². The number of carbonyl (C=O) groups is 1. The van der Waals surface area contributed by atoms with Crippen molar-refractivity contribution in [3.8, 4) is 0 Å². The summed E-state index contributed by atoms with van der Waals surface area (Å²) in [7, 11) is 3.84. The molecule has 1 amide bonds. The molecule has 6 nitrogen and oxygen atoms in total. The van der Waals surface area contributed by atoms with E-state index in [1.165, 1.54) is 16.8 Å². The van der Waals surface area contributed by atoms with E-state index in [0.717, 1.165) is 13.0 Å². The number of hydrogen-bond acceptors (Lipinski definition) is 5. The molecule has 25 heavy (non-hydrogen) atoms. The number of hydrogen-bond donors (Lipinski definition) is 1. The molecule has 0 spiro atoms. The minimum atomic E-state index is -0.460. The van der Waals surface area contributed by atoms with Gasteiger partial charge in [0.05, 0.1) is 12.0 Å². The zero-order valence-electron chi connectivity index (χ0n) is 15.8. The Bertz CT molecular complexity index is 630. The van der Waals surface area contributed by atoms with Crippen LogP contribution in [0.2, 0.25) is 0 Å². The van der Waals surface area contributed by atoms with Crippen LogP contribution in [0.25, 0.3) is 0 Å². The Kier molecular flexibility index (Phi) is 4.82. The summed E-state index contributed by atoms with van der Waals surface area (Å²) < 4.78 is 11.2. The third-order valence-electron chi connectivity index (χ3n) is 4.80. The zero-order chi connectivity index (χ0) is 18.2. The monoisotopic (exact) mass is 347 g/mol. The minimum absolute atomic E-state index is 0.135. The summed E-state index contributed by atoms with van der Waals surface area (Å²) in [5.74, 6) is 0.250. The van der Waals surface area contributed by atoms with E-state index in [4.69, 9.17) is 9.47 Å². The Morgan fingerprint density at radius 2 is 2.12 bits per heavy atom. The minimum Gasteiger partial charge on any atom is -0.444 e. The van der Waals surface area contributed by atoms with E-state index in [9.17, 15) is 4.79 Å². The topological polar surface area (TPSA) is 54.0 Å². The van der Waals surface area contributed by atoms with Crippen molar-refractivity contribution in [1.29, 1.82) is 0 Å². The maximum absolute atomic E-state index is 12.2. The third kappa shape index (κ3) is 3.84. The van der Waals surface area contributed by atoms with Crippen LogP contribution in [0.15, 0.2) is 35.3 Å². The van der Waals surface area contributed by atoms with Crippen LogP contribution < -0.4 is 5.32 Å². The molecule has 2 unspecified atom stereocenters. The highest BCUT2D eigenvalue weighted by atomic mass is 16.6. The molecular formula is C19H29N3O3. The van der Waals surface area contributed by atoms with Crippen LogP contribution in [0, 0.1) is 5.92 Å². The summed E-state index contributed by atoms with van der Waals surface area (Å²) in [5.41, 5.74) is 3.31. The Morgan fingerprint density at radius 3 is 2.72 bits per heavy atom. The standard InChI is InChI=1S/C19H29N3O3/c1-19(2,3)25-18(23)22-8-6-13(7-9-22)14-10-20-15-11-21(4)12-16(24-5)17(14)15/h6,10-11,16-17,20H,7-9,12H2,1-5H3. The van der Waals surface area contributed by atoms with Gasteiger partial charge >= 0.3 is 6.09 Å². The Hall–Kier alpha value is -1.95. The summed E-state index contributed by atoms with van der Waals surface area (Å²) in [4.78, 5) is 16.1. The predicted molar refractivity (Wildman–Crippen MR) is 96.7 cm³/mol. The molecule has 0 aromatic rings. The van der Waals surface area contributed by atoms with E-state index < -0.39 is 5.60 Å². The first-order valence-electron chi connectivity index (χ1n) is 8.87. The summed E-state index contributed by atoms with van der Waals surface area (Å²) >= 11 is 0. The summed E-state index contributed by atoms with van der Waals surface area (Å²) in [6, 6.07) is 0. The summed E-state index contributed by atoms with van der Waals surface area (Å²) in [6.45, 7) is 7.82. The van der Waals surface area contributed by atoms with E-state index in [1.807, 2.05) is 20.8 Å². The zero-order valence-corrected chi connectivity index (χ0v) is 15.8. The van der Waals surface area contributed by atoms with Crippen LogP contribution in [0.1, 0.15) is 27.2 Å². The van der Waals surface area contributed by atoms with Gasteiger partial charge in [0, 0.05) is 51.9 Å². The molecule has 0 aromatic heterocycles. The molecule has 138 valence electrons. The molecule has 3 aliphatic rings. The second kappa shape index (κ2) is 6.75. The van der Waals surface area contributed by atoms with E-state index >= 15 is 0 Å². The number of nitrogens with zero attached hydrogens (tertiary/aromatic N) is 2. The Morgan fingerprint density at radius 1 is 1.36 bits per heavy atom. The molecule has 0 aliphatic carbocycles. The molecule has 1 N–H and O–H groups in total. The molecule has 3 rings (SSSR count). The lowest BCUT2D eigenvalue weighted by Crippen LogP contribution is -2.41. The molecule has 0 fully saturated rings. The number of likely N-dealkylation sites (N-methyl/N-ethyl adjacent to an activating group) is 1. The molecule has 3 heterocycles. The van der Waals surface area contributed by atoms with Crippen LogP contribution in [-0.4, -0.2) is 61.4 Å². The van der Waals surface area contributed by atoms with Crippen LogP contribution in [-0.2, 0) is 9.47 Å². The molecule has 0 saturated carbocycles. The van der Waals surface area contributed by atoms with Gasteiger partial charge in [-0.1, -0.05) is 6.08 Å². The number of methoxy groups -OCH3 is 1. The fraction of sp³-hybridized carbons (Fsp3) is 0.632. The highest BCUT2D eigenvalue weighted by Gasteiger charge is 2.38. The van der Waals surface area contributed by atoms with Crippen molar-refractivity contribution in [3.05, 3.63) is 35.3 Å². The largest absolute Gasteiger partial charge is 0.444 e. The van der Waals surface area contributed by atoms with E-state index in [-0.39, 0.29) is 18.1 Å². The van der Waals surface area contributed by atoms with Crippen molar-refractivity contribution in [2.75, 3.05) is 33.8 Å². The number of fused-ring (bicyclic) bond motifs is 1. The number of carbonyl (C=O) groups excluding carboxylic acids is 1. The first kappa shape index (κ1) is 17.9. The van der Waals surface area contributed by atoms with Gasteiger partial charge in [0.15, 0.2) is 0 Å². The first-order valence-corrected chi connectivity index (χ1v) is 8.87. The Balaban J connectivity index is 1.70. The molecule has 0 radical (unpaired) electrons. The average Bonchev–Trinajstić information content (AvgIpc) is 2.96. The lowest BCUT2D eigenvalue weighted by molar-refractivity contribution is 0.0264. The van der Waals surface area contributed by atoms with E-state index in [2.05, 4.69) is 35.7 Å². The number of nitrogens with one attached hydrogen (secondary N) is 1. The van der Waals surface area contributed by atoms with Crippen LogP contribution in [0.4, 0.5) is 4.79 Å². The quantitative estimate of drug-likeness (QED) is 0.832. The second-order valence-electron chi connectivity index (χ2n) is 7.93. The third-order valence-corrected chi connectivity index (χ3v) is 4.80. The van der Waals surface area contributed by atoms with Gasteiger partial charge in [-0.05, 0) is 38.3 Å². The smallest absolute Gasteiger partial charge is 0.410 e. The highest BCUT2D eigenvalue weighted by molar-refractivity contribution is 5.69. The van der Waals surface area contributed by atoms with Crippen molar-refractivity contribution in [2.45, 2.75) is 38.9 Å². The fourth-order valence-corrected chi connectivity index (χ4v) is 3.63. The van der Waals surface area contributed by atoms with Crippen molar-refractivity contribution < 1.29 is 14.3 Å². The second-order valence-corrected chi connectivity index (χ2v) is 7.93. The van der Waals surface area contributed by atoms with E-state index in [1.54, 1.807) is 12.0 Å². The highest BCUT2D eigenvalue weighted by Crippen LogP contribution is 2.38. The van der Waals surface area contributed by atoms with Crippen LogP contribution in [0.5, 0.6) is 0 Å². The lowest BCUT2D eigenvalue weighted by atomic mass is 9.84. The first-order chi connectivity index (χ1) is 11.8. The number of rotatable bonds is 2. The molecular weight excluding hydrogens is 318 g/mol. The van der Waals surface area contributed by atoms with Crippen molar-refractivity contribution in [3.63, 3.8) is 0 Å². The van der Waals surface area contributed by atoms with Crippen molar-refractivity contribution in [2.24, 2.45) is 5.92 Å². The predicted octanol–water partition coefficient (Wildman–Crippen LogP) is 2.46. The maximum Gasteiger partial charge on any atom is 0.410 e. The van der Waals surface area contributed by atoms with Crippen molar-refractivity contribution >= 4 is 6.09 Å². The number of ether oxygens (including phenoxy) is 2. The molecule has 6 heteroatoms. The van der Waals surface area contributed by atoms with Crippen molar-refractivity contribution in [1.82, 2.24) is 15.1 Å². The van der Waals surface area contributed by atoms with Gasteiger partial charge < -0.3 is 24.6 Å². The summed E-state index contributed by atoms with van der Waals surface area (Å²) in [5, 5.41) is 3.40. The van der Waals surface area contributed by atoms with Gasteiger partial charge in [0.1, 0.15) is 5.60 Å². The average molecular weight is 347 g/mol. The molecule has 0 saturated heterocycles.